The Hall–Kier alpha value is -0.740. The van der Waals surface area contributed by atoms with Crippen molar-refractivity contribution in [3.05, 3.63) is 22.7 Å². The first-order valence-corrected chi connectivity index (χ1v) is 6.20. The fourth-order valence-electron chi connectivity index (χ4n) is 1.65. The molecule has 0 radical (unpaired) electrons. The minimum Gasteiger partial charge on any atom is -0.497 e. The van der Waals surface area contributed by atoms with Crippen molar-refractivity contribution < 1.29 is 14.2 Å². The highest BCUT2D eigenvalue weighted by atomic mass is 79.9. The van der Waals surface area contributed by atoms with Crippen LogP contribution in [0.25, 0.3) is 0 Å². The summed E-state index contributed by atoms with van der Waals surface area (Å²) in [6, 6.07) is 5.66. The highest BCUT2D eigenvalue weighted by Gasteiger charge is 2.16. The molecule has 3 nitrogen and oxygen atoms in total. The van der Waals surface area contributed by atoms with Crippen LogP contribution in [0.1, 0.15) is 19.3 Å². The Morgan fingerprint density at radius 2 is 2.25 bits per heavy atom. The van der Waals surface area contributed by atoms with E-state index in [0.717, 1.165) is 41.8 Å². The van der Waals surface area contributed by atoms with Gasteiger partial charge in [-0.2, -0.15) is 0 Å². The van der Waals surface area contributed by atoms with E-state index in [1.54, 1.807) is 7.11 Å². The summed E-state index contributed by atoms with van der Waals surface area (Å²) in [4.78, 5) is 0. The lowest BCUT2D eigenvalue weighted by Crippen LogP contribution is -2.25. The smallest absolute Gasteiger partial charge is 0.199 e. The van der Waals surface area contributed by atoms with E-state index in [0.29, 0.717) is 0 Å². The van der Waals surface area contributed by atoms with Gasteiger partial charge in [0.2, 0.25) is 0 Å². The molecule has 1 atom stereocenters. The molecule has 0 unspecified atom stereocenters. The van der Waals surface area contributed by atoms with Gasteiger partial charge in [-0.25, -0.2) is 0 Å². The van der Waals surface area contributed by atoms with Gasteiger partial charge in [0.25, 0.3) is 0 Å². The number of methoxy groups -OCH3 is 1. The van der Waals surface area contributed by atoms with E-state index in [-0.39, 0.29) is 6.29 Å². The number of rotatable bonds is 3. The molecule has 2 rings (SSSR count). The summed E-state index contributed by atoms with van der Waals surface area (Å²) >= 11 is 3.45. The molecule has 1 aliphatic rings. The summed E-state index contributed by atoms with van der Waals surface area (Å²) in [6.07, 6.45) is 3.10. The third-order valence-corrected chi connectivity index (χ3v) is 3.19. The molecule has 1 heterocycles. The van der Waals surface area contributed by atoms with Crippen LogP contribution >= 0.6 is 15.9 Å². The second-order valence-electron chi connectivity index (χ2n) is 3.71. The van der Waals surface area contributed by atoms with Crippen molar-refractivity contribution in [3.8, 4) is 11.5 Å². The highest BCUT2D eigenvalue weighted by Crippen LogP contribution is 2.31. The molecule has 4 heteroatoms. The van der Waals surface area contributed by atoms with E-state index in [1.165, 1.54) is 0 Å². The van der Waals surface area contributed by atoms with Crippen molar-refractivity contribution in [1.82, 2.24) is 0 Å². The zero-order valence-electron chi connectivity index (χ0n) is 9.24. The number of hydrogen-bond donors (Lipinski definition) is 0. The van der Waals surface area contributed by atoms with E-state index >= 15 is 0 Å². The van der Waals surface area contributed by atoms with Crippen LogP contribution in [0.5, 0.6) is 11.5 Å². The summed E-state index contributed by atoms with van der Waals surface area (Å²) in [5.74, 6) is 1.56. The predicted molar refractivity (Wildman–Crippen MR) is 64.9 cm³/mol. The first-order chi connectivity index (χ1) is 7.79. The summed E-state index contributed by atoms with van der Waals surface area (Å²) in [7, 11) is 1.64. The van der Waals surface area contributed by atoms with Crippen LogP contribution in [0.4, 0.5) is 0 Å². The van der Waals surface area contributed by atoms with Gasteiger partial charge >= 0.3 is 0 Å². The van der Waals surface area contributed by atoms with Gasteiger partial charge in [-0.1, -0.05) is 0 Å². The van der Waals surface area contributed by atoms with Crippen LogP contribution < -0.4 is 9.47 Å². The lowest BCUT2D eigenvalue weighted by atomic mass is 10.2. The Morgan fingerprint density at radius 1 is 1.38 bits per heavy atom. The van der Waals surface area contributed by atoms with Crippen molar-refractivity contribution in [2.24, 2.45) is 0 Å². The minimum absolute atomic E-state index is 0.128. The third kappa shape index (κ3) is 2.89. The van der Waals surface area contributed by atoms with Crippen molar-refractivity contribution in [3.63, 3.8) is 0 Å². The predicted octanol–water partition coefficient (Wildman–Crippen LogP) is 3.36. The molecule has 88 valence electrons. The summed E-state index contributed by atoms with van der Waals surface area (Å²) in [5.41, 5.74) is 0. The molecule has 0 aliphatic carbocycles. The molecule has 1 saturated heterocycles. The zero-order valence-corrected chi connectivity index (χ0v) is 10.8. The minimum atomic E-state index is -0.128. The lowest BCUT2D eigenvalue weighted by Gasteiger charge is -2.24. The SMILES string of the molecule is COc1ccc(Br)c(O[C@H]2CCCCO2)c1. The second-order valence-corrected chi connectivity index (χ2v) is 4.56. The maximum Gasteiger partial charge on any atom is 0.199 e. The van der Waals surface area contributed by atoms with Crippen molar-refractivity contribution in [1.29, 1.82) is 0 Å². The molecule has 0 bridgehead atoms. The monoisotopic (exact) mass is 286 g/mol. The summed E-state index contributed by atoms with van der Waals surface area (Å²) in [5, 5.41) is 0. The molecular weight excluding hydrogens is 272 g/mol. The number of ether oxygens (including phenoxy) is 3. The normalized spacial score (nSPS) is 20.5. The van der Waals surface area contributed by atoms with Gasteiger partial charge in [0.15, 0.2) is 6.29 Å². The molecule has 1 fully saturated rings. The average molecular weight is 287 g/mol. The maximum atomic E-state index is 5.78. The molecule has 1 aromatic rings. The number of halogens is 1. The number of benzene rings is 1. The maximum absolute atomic E-state index is 5.78. The van der Waals surface area contributed by atoms with E-state index in [2.05, 4.69) is 15.9 Å². The quantitative estimate of drug-likeness (QED) is 0.853. The summed E-state index contributed by atoms with van der Waals surface area (Å²) < 4.78 is 17.4. The molecule has 0 amide bonds. The van der Waals surface area contributed by atoms with Gasteiger partial charge in [-0.05, 0) is 40.9 Å². The van der Waals surface area contributed by atoms with Crippen LogP contribution in [-0.2, 0) is 4.74 Å². The van der Waals surface area contributed by atoms with E-state index in [4.69, 9.17) is 14.2 Å². The van der Waals surface area contributed by atoms with Gasteiger partial charge < -0.3 is 14.2 Å². The first kappa shape index (κ1) is 11.7. The topological polar surface area (TPSA) is 27.7 Å². The molecule has 0 spiro atoms. The second kappa shape index (κ2) is 5.55. The Kier molecular flexibility index (Phi) is 4.07. The van der Waals surface area contributed by atoms with Gasteiger partial charge in [0.05, 0.1) is 18.2 Å². The summed E-state index contributed by atoms with van der Waals surface area (Å²) in [6.45, 7) is 0.784. The fraction of sp³-hybridized carbons (Fsp3) is 0.500. The Labute approximate surface area is 104 Å². The van der Waals surface area contributed by atoms with Gasteiger partial charge in [-0.3, -0.25) is 0 Å². The van der Waals surface area contributed by atoms with Crippen molar-refractivity contribution in [2.45, 2.75) is 25.6 Å². The average Bonchev–Trinajstić information content (AvgIpc) is 2.33. The van der Waals surface area contributed by atoms with Crippen LogP contribution in [-0.4, -0.2) is 20.0 Å². The Balaban J connectivity index is 2.06. The first-order valence-electron chi connectivity index (χ1n) is 5.41. The Bertz CT molecular complexity index is 348. The molecular formula is C12H15BrO3. The third-order valence-electron chi connectivity index (χ3n) is 2.53. The van der Waals surface area contributed by atoms with Crippen LogP contribution in [0.3, 0.4) is 0 Å². The zero-order chi connectivity index (χ0) is 11.4. The van der Waals surface area contributed by atoms with Crippen LogP contribution in [0.2, 0.25) is 0 Å². The van der Waals surface area contributed by atoms with Crippen molar-refractivity contribution in [2.75, 3.05) is 13.7 Å². The lowest BCUT2D eigenvalue weighted by molar-refractivity contribution is -0.106. The largest absolute Gasteiger partial charge is 0.497 e. The standard InChI is InChI=1S/C12H15BrO3/c1-14-9-5-6-10(13)11(8-9)16-12-4-2-3-7-15-12/h5-6,8,12H,2-4,7H2,1H3/t12-/m0/s1. The van der Waals surface area contributed by atoms with E-state index in [9.17, 15) is 0 Å². The Morgan fingerprint density at radius 3 is 2.94 bits per heavy atom. The van der Waals surface area contributed by atoms with Gasteiger partial charge in [-0.15, -0.1) is 0 Å². The molecule has 1 aliphatic heterocycles. The van der Waals surface area contributed by atoms with Crippen LogP contribution in [0.15, 0.2) is 22.7 Å². The highest BCUT2D eigenvalue weighted by molar-refractivity contribution is 9.10. The van der Waals surface area contributed by atoms with Crippen molar-refractivity contribution >= 4 is 15.9 Å². The van der Waals surface area contributed by atoms with E-state index < -0.39 is 0 Å². The van der Waals surface area contributed by atoms with Crippen LogP contribution in [0, 0.1) is 0 Å². The van der Waals surface area contributed by atoms with Gasteiger partial charge in [0.1, 0.15) is 11.5 Å². The molecule has 16 heavy (non-hydrogen) atoms. The molecule has 0 N–H and O–H groups in total. The molecule has 0 saturated carbocycles. The molecule has 1 aromatic carbocycles. The molecule has 0 aromatic heterocycles. The van der Waals surface area contributed by atoms with Gasteiger partial charge in [0, 0.05) is 12.5 Å². The number of hydrogen-bond acceptors (Lipinski definition) is 3. The van der Waals surface area contributed by atoms with E-state index in [1.807, 2.05) is 18.2 Å². The fourth-order valence-corrected chi connectivity index (χ4v) is 1.99.